The first kappa shape index (κ1) is 19.5. The van der Waals surface area contributed by atoms with Crippen LogP contribution in [0.3, 0.4) is 0 Å². The number of ketones is 1. The molecule has 1 fully saturated rings. The van der Waals surface area contributed by atoms with E-state index in [1.807, 2.05) is 36.1 Å². The first-order valence-electron chi connectivity index (χ1n) is 8.87. The highest BCUT2D eigenvalue weighted by Crippen LogP contribution is 2.28. The Morgan fingerprint density at radius 1 is 1.04 bits per heavy atom. The second-order valence-electron chi connectivity index (χ2n) is 6.62. The first-order valence-corrected chi connectivity index (χ1v) is 10.3. The Labute approximate surface area is 160 Å². The van der Waals surface area contributed by atoms with Gasteiger partial charge in [-0.3, -0.25) is 9.69 Å². The molecule has 2 aromatic carbocycles. The maximum Gasteiger partial charge on any atom is 0.246 e. The van der Waals surface area contributed by atoms with Gasteiger partial charge in [-0.1, -0.05) is 36.4 Å². The third kappa shape index (κ3) is 4.37. The van der Waals surface area contributed by atoms with Gasteiger partial charge in [0, 0.05) is 31.7 Å². The molecule has 1 aliphatic rings. The number of rotatable bonds is 6. The molecule has 0 aliphatic carbocycles. The second kappa shape index (κ2) is 8.21. The van der Waals surface area contributed by atoms with Crippen LogP contribution in [-0.2, 0) is 10.0 Å². The first-order chi connectivity index (χ1) is 12.9. The fraction of sp³-hybridized carbons (Fsp3) is 0.350. The van der Waals surface area contributed by atoms with E-state index in [-0.39, 0.29) is 10.7 Å². The normalized spacial score (nSPS) is 16.2. The number of methoxy groups -OCH3 is 1. The van der Waals surface area contributed by atoms with Crippen molar-refractivity contribution in [3.63, 3.8) is 0 Å². The van der Waals surface area contributed by atoms with Gasteiger partial charge in [0.15, 0.2) is 5.78 Å². The Morgan fingerprint density at radius 3 is 2.33 bits per heavy atom. The predicted octanol–water partition coefficient (Wildman–Crippen LogP) is 2.19. The van der Waals surface area contributed by atoms with Gasteiger partial charge in [0.2, 0.25) is 10.0 Å². The van der Waals surface area contributed by atoms with E-state index in [9.17, 15) is 13.2 Å². The highest BCUT2D eigenvalue weighted by Gasteiger charge is 2.31. The van der Waals surface area contributed by atoms with Gasteiger partial charge in [-0.05, 0) is 24.6 Å². The Balaban J connectivity index is 1.67. The van der Waals surface area contributed by atoms with E-state index in [1.54, 1.807) is 24.3 Å². The van der Waals surface area contributed by atoms with E-state index < -0.39 is 10.0 Å². The maximum absolute atomic E-state index is 13.0. The van der Waals surface area contributed by atoms with Crippen LogP contribution in [0.2, 0.25) is 0 Å². The van der Waals surface area contributed by atoms with E-state index in [0.29, 0.717) is 44.0 Å². The Hall–Kier alpha value is -2.22. The van der Waals surface area contributed by atoms with Gasteiger partial charge in [-0.15, -0.1) is 0 Å². The molecule has 0 radical (unpaired) electrons. The quantitative estimate of drug-likeness (QED) is 0.710. The number of carbonyl (C=O) groups is 1. The maximum atomic E-state index is 13.0. The van der Waals surface area contributed by atoms with Crippen molar-refractivity contribution in [1.82, 2.24) is 9.21 Å². The lowest BCUT2D eigenvalue weighted by atomic mass is 10.1. The summed E-state index contributed by atoms with van der Waals surface area (Å²) in [7, 11) is -2.17. The summed E-state index contributed by atoms with van der Waals surface area (Å²) in [6.45, 7) is 3.89. The van der Waals surface area contributed by atoms with Crippen LogP contribution < -0.4 is 4.74 Å². The summed E-state index contributed by atoms with van der Waals surface area (Å²) in [6, 6.07) is 14.3. The van der Waals surface area contributed by atoms with Crippen molar-refractivity contribution in [3.8, 4) is 5.75 Å². The number of nitrogens with zero attached hydrogens (tertiary/aromatic N) is 2. The standard InChI is InChI=1S/C20H24N2O4S/c1-16-8-9-19(26-2)20(14-16)27(24,25)22-12-10-21(11-13-22)15-18(23)17-6-4-3-5-7-17/h3-9,14H,10-13,15H2,1-2H3. The largest absolute Gasteiger partial charge is 0.495 e. The molecular formula is C20H24N2O4S. The summed E-state index contributed by atoms with van der Waals surface area (Å²) < 4.78 is 32.8. The van der Waals surface area contributed by atoms with Crippen LogP contribution in [0, 0.1) is 6.92 Å². The summed E-state index contributed by atoms with van der Waals surface area (Å²) in [5.74, 6) is 0.398. The van der Waals surface area contributed by atoms with Crippen LogP contribution in [0.5, 0.6) is 5.75 Å². The van der Waals surface area contributed by atoms with E-state index in [1.165, 1.54) is 11.4 Å². The molecule has 0 spiro atoms. The van der Waals surface area contributed by atoms with E-state index in [4.69, 9.17) is 4.74 Å². The third-order valence-electron chi connectivity index (χ3n) is 4.73. The van der Waals surface area contributed by atoms with Crippen molar-refractivity contribution in [2.45, 2.75) is 11.8 Å². The number of piperazine rings is 1. The zero-order valence-electron chi connectivity index (χ0n) is 15.6. The predicted molar refractivity (Wildman–Crippen MR) is 104 cm³/mol. The monoisotopic (exact) mass is 388 g/mol. The van der Waals surface area contributed by atoms with Crippen LogP contribution >= 0.6 is 0 Å². The Bertz CT molecular complexity index is 905. The van der Waals surface area contributed by atoms with Gasteiger partial charge in [-0.2, -0.15) is 4.31 Å². The van der Waals surface area contributed by atoms with Crippen molar-refractivity contribution in [2.75, 3.05) is 39.8 Å². The molecule has 7 heteroatoms. The number of aryl methyl sites for hydroxylation is 1. The summed E-state index contributed by atoms with van der Waals surface area (Å²) in [4.78, 5) is 14.5. The minimum Gasteiger partial charge on any atom is -0.495 e. The molecule has 0 bridgehead atoms. The van der Waals surface area contributed by atoms with Gasteiger partial charge in [0.25, 0.3) is 0 Å². The minimum absolute atomic E-state index is 0.0484. The van der Waals surface area contributed by atoms with Gasteiger partial charge >= 0.3 is 0 Å². The number of hydrogen-bond donors (Lipinski definition) is 0. The lowest BCUT2D eigenvalue weighted by Crippen LogP contribution is -2.49. The van der Waals surface area contributed by atoms with Crippen molar-refractivity contribution < 1.29 is 17.9 Å². The number of Topliss-reactive ketones (excluding diaryl/α,β-unsaturated/α-hetero) is 1. The Kier molecular flexibility index (Phi) is 5.94. The molecule has 6 nitrogen and oxygen atoms in total. The summed E-state index contributed by atoms with van der Waals surface area (Å²) >= 11 is 0. The summed E-state index contributed by atoms with van der Waals surface area (Å²) in [6.07, 6.45) is 0. The zero-order valence-corrected chi connectivity index (χ0v) is 16.4. The molecule has 0 saturated carbocycles. The lowest BCUT2D eigenvalue weighted by Gasteiger charge is -2.33. The van der Waals surface area contributed by atoms with Crippen molar-refractivity contribution in [1.29, 1.82) is 0 Å². The molecule has 0 amide bonds. The van der Waals surface area contributed by atoms with Gasteiger partial charge in [0.05, 0.1) is 13.7 Å². The molecule has 144 valence electrons. The number of carbonyl (C=O) groups excluding carboxylic acids is 1. The fourth-order valence-corrected chi connectivity index (χ4v) is 4.83. The van der Waals surface area contributed by atoms with Gasteiger partial charge < -0.3 is 4.74 Å². The molecule has 2 aromatic rings. The molecule has 1 saturated heterocycles. The van der Waals surface area contributed by atoms with Crippen LogP contribution in [0.25, 0.3) is 0 Å². The Morgan fingerprint density at radius 2 is 1.70 bits per heavy atom. The average Bonchev–Trinajstić information content (AvgIpc) is 2.69. The van der Waals surface area contributed by atoms with Crippen molar-refractivity contribution in [2.24, 2.45) is 0 Å². The van der Waals surface area contributed by atoms with Gasteiger partial charge in [0.1, 0.15) is 10.6 Å². The van der Waals surface area contributed by atoms with Crippen LogP contribution in [0.15, 0.2) is 53.4 Å². The fourth-order valence-electron chi connectivity index (χ4n) is 3.17. The molecule has 1 aliphatic heterocycles. The lowest BCUT2D eigenvalue weighted by molar-refractivity contribution is 0.0901. The van der Waals surface area contributed by atoms with Crippen molar-refractivity contribution >= 4 is 15.8 Å². The van der Waals surface area contributed by atoms with E-state index in [0.717, 1.165) is 5.56 Å². The highest BCUT2D eigenvalue weighted by molar-refractivity contribution is 7.89. The minimum atomic E-state index is -3.63. The highest BCUT2D eigenvalue weighted by atomic mass is 32.2. The topological polar surface area (TPSA) is 66.9 Å². The van der Waals surface area contributed by atoms with Crippen LogP contribution in [0.1, 0.15) is 15.9 Å². The summed E-state index contributed by atoms with van der Waals surface area (Å²) in [5, 5.41) is 0. The molecule has 3 rings (SSSR count). The second-order valence-corrected chi connectivity index (χ2v) is 8.53. The van der Waals surface area contributed by atoms with Crippen molar-refractivity contribution in [3.05, 3.63) is 59.7 Å². The smallest absolute Gasteiger partial charge is 0.246 e. The van der Waals surface area contributed by atoms with E-state index in [2.05, 4.69) is 0 Å². The SMILES string of the molecule is COc1ccc(C)cc1S(=O)(=O)N1CCN(CC(=O)c2ccccc2)CC1. The van der Waals surface area contributed by atoms with Gasteiger partial charge in [-0.25, -0.2) is 8.42 Å². The van der Waals surface area contributed by atoms with E-state index >= 15 is 0 Å². The molecule has 0 atom stereocenters. The molecule has 27 heavy (non-hydrogen) atoms. The van der Waals surface area contributed by atoms with Crippen LogP contribution in [-0.4, -0.2) is 63.2 Å². The zero-order chi connectivity index (χ0) is 19.4. The number of benzene rings is 2. The molecular weight excluding hydrogens is 364 g/mol. The number of hydrogen-bond acceptors (Lipinski definition) is 5. The molecule has 1 heterocycles. The number of sulfonamides is 1. The van der Waals surface area contributed by atoms with Crippen LogP contribution in [0.4, 0.5) is 0 Å². The molecule has 0 N–H and O–H groups in total. The third-order valence-corrected chi connectivity index (χ3v) is 6.65. The summed E-state index contributed by atoms with van der Waals surface area (Å²) in [5.41, 5.74) is 1.54. The molecule has 0 unspecified atom stereocenters. The average molecular weight is 388 g/mol. The number of ether oxygens (including phenoxy) is 1. The molecule has 0 aromatic heterocycles.